The van der Waals surface area contributed by atoms with E-state index in [1.54, 1.807) is 0 Å². The molecule has 1 atom stereocenters. The van der Waals surface area contributed by atoms with Gasteiger partial charge in [0.1, 0.15) is 0 Å². The van der Waals surface area contributed by atoms with Crippen molar-refractivity contribution in [1.29, 1.82) is 0 Å². The molecule has 0 spiro atoms. The number of hydrogen-bond acceptors (Lipinski definition) is 2. The van der Waals surface area contributed by atoms with Gasteiger partial charge in [0.15, 0.2) is 0 Å². The van der Waals surface area contributed by atoms with Crippen LogP contribution in [0.1, 0.15) is 13.3 Å². The molecule has 0 radical (unpaired) electrons. The van der Waals surface area contributed by atoms with Crippen LogP contribution < -0.4 is 0 Å². The Morgan fingerprint density at radius 1 is 1.73 bits per heavy atom. The molecule has 1 rings (SSSR count). The van der Waals surface area contributed by atoms with Gasteiger partial charge in [-0.05, 0) is 13.5 Å². The van der Waals surface area contributed by atoms with E-state index in [0.717, 1.165) is 19.5 Å². The highest BCUT2D eigenvalue weighted by Gasteiger charge is 2.12. The third kappa shape index (κ3) is 2.31. The normalized spacial score (nSPS) is 23.0. The van der Waals surface area contributed by atoms with E-state index in [-0.39, 0.29) is 6.61 Å². The van der Waals surface area contributed by atoms with Crippen molar-refractivity contribution in [3.63, 3.8) is 0 Å². The van der Waals surface area contributed by atoms with E-state index in [4.69, 9.17) is 5.11 Å². The summed E-state index contributed by atoms with van der Waals surface area (Å²) in [5.74, 6) is 0.365. The van der Waals surface area contributed by atoms with Crippen molar-refractivity contribution < 1.29 is 5.11 Å². The van der Waals surface area contributed by atoms with Crippen LogP contribution in [0.2, 0.25) is 0 Å². The molecular weight excluding hydrogens is 138 g/mol. The highest BCUT2D eigenvalue weighted by atomic mass is 16.3. The second kappa shape index (κ2) is 3.88. The molecule has 11 heavy (non-hydrogen) atoms. The molecule has 0 aromatic heterocycles. The summed E-state index contributed by atoms with van der Waals surface area (Å²) in [7, 11) is 2.12. The van der Waals surface area contributed by atoms with Crippen molar-refractivity contribution >= 4 is 0 Å². The van der Waals surface area contributed by atoms with E-state index in [1.807, 2.05) is 0 Å². The average Bonchev–Trinajstić information content (AvgIpc) is 2.05. The van der Waals surface area contributed by atoms with Crippen LogP contribution in [0.5, 0.6) is 0 Å². The third-order valence-electron chi connectivity index (χ3n) is 2.35. The third-order valence-corrected chi connectivity index (χ3v) is 2.35. The Hall–Kier alpha value is -0.340. The van der Waals surface area contributed by atoms with Crippen molar-refractivity contribution in [2.45, 2.75) is 13.3 Å². The highest BCUT2D eigenvalue weighted by molar-refractivity contribution is 5.10. The summed E-state index contributed by atoms with van der Waals surface area (Å²) in [6, 6.07) is 0. The van der Waals surface area contributed by atoms with Gasteiger partial charge < -0.3 is 10.0 Å². The van der Waals surface area contributed by atoms with E-state index in [9.17, 15) is 0 Å². The molecule has 1 unspecified atom stereocenters. The van der Waals surface area contributed by atoms with Crippen LogP contribution in [-0.4, -0.2) is 36.8 Å². The van der Waals surface area contributed by atoms with Crippen molar-refractivity contribution in [2.24, 2.45) is 5.92 Å². The van der Waals surface area contributed by atoms with E-state index < -0.39 is 0 Å². The van der Waals surface area contributed by atoms with Crippen molar-refractivity contribution in [3.05, 3.63) is 11.6 Å². The van der Waals surface area contributed by atoms with Gasteiger partial charge in [-0.3, -0.25) is 0 Å². The maximum atomic E-state index is 8.90. The highest BCUT2D eigenvalue weighted by Crippen LogP contribution is 2.17. The van der Waals surface area contributed by atoms with Gasteiger partial charge in [-0.1, -0.05) is 18.6 Å². The average molecular weight is 155 g/mol. The zero-order valence-electron chi connectivity index (χ0n) is 7.38. The molecule has 2 heteroatoms. The van der Waals surface area contributed by atoms with Crippen LogP contribution in [0.3, 0.4) is 0 Å². The first kappa shape index (κ1) is 8.75. The van der Waals surface area contributed by atoms with E-state index >= 15 is 0 Å². The fourth-order valence-corrected chi connectivity index (χ4v) is 1.35. The minimum Gasteiger partial charge on any atom is -0.396 e. The predicted molar refractivity (Wildman–Crippen MR) is 46.4 cm³/mol. The Labute approximate surface area is 68.5 Å². The Bertz CT molecular complexity index is 154. The summed E-state index contributed by atoms with van der Waals surface area (Å²) in [5, 5.41) is 8.90. The first-order chi connectivity index (χ1) is 5.24. The Morgan fingerprint density at radius 2 is 2.45 bits per heavy atom. The molecule has 64 valence electrons. The van der Waals surface area contributed by atoms with Crippen LogP contribution >= 0.6 is 0 Å². The quantitative estimate of drug-likeness (QED) is 0.598. The van der Waals surface area contributed by atoms with Crippen molar-refractivity contribution in [1.82, 2.24) is 4.90 Å². The molecule has 0 bridgehead atoms. The number of aliphatic hydroxyl groups excluding tert-OH is 1. The molecule has 0 aromatic carbocycles. The van der Waals surface area contributed by atoms with Gasteiger partial charge >= 0.3 is 0 Å². The van der Waals surface area contributed by atoms with Gasteiger partial charge in [0.05, 0.1) is 0 Å². The molecule has 1 aliphatic rings. The lowest BCUT2D eigenvalue weighted by Gasteiger charge is -2.24. The Morgan fingerprint density at radius 3 is 2.91 bits per heavy atom. The Balaban J connectivity index is 2.47. The Kier molecular flexibility index (Phi) is 3.09. The van der Waals surface area contributed by atoms with Crippen LogP contribution in [-0.2, 0) is 0 Å². The minimum atomic E-state index is 0.287. The molecule has 0 saturated heterocycles. The summed E-state index contributed by atoms with van der Waals surface area (Å²) < 4.78 is 0. The zero-order valence-corrected chi connectivity index (χ0v) is 7.38. The number of likely N-dealkylation sites (N-methyl/N-ethyl adjacent to an activating group) is 1. The van der Waals surface area contributed by atoms with Gasteiger partial charge in [0.25, 0.3) is 0 Å². The first-order valence-electron chi connectivity index (χ1n) is 4.22. The lowest BCUT2D eigenvalue weighted by Crippen LogP contribution is -2.26. The molecule has 2 nitrogen and oxygen atoms in total. The molecule has 0 aromatic rings. The van der Waals surface area contributed by atoms with E-state index in [2.05, 4.69) is 24.9 Å². The number of nitrogens with zero attached hydrogens (tertiary/aromatic N) is 1. The lowest BCUT2D eigenvalue weighted by molar-refractivity contribution is 0.246. The summed E-state index contributed by atoms with van der Waals surface area (Å²) in [4.78, 5) is 2.29. The largest absolute Gasteiger partial charge is 0.396 e. The molecule has 0 amide bonds. The van der Waals surface area contributed by atoms with Crippen LogP contribution in [0.15, 0.2) is 11.6 Å². The van der Waals surface area contributed by atoms with E-state index in [1.165, 1.54) is 5.57 Å². The van der Waals surface area contributed by atoms with Crippen LogP contribution in [0.25, 0.3) is 0 Å². The summed E-state index contributed by atoms with van der Waals surface area (Å²) >= 11 is 0. The smallest absolute Gasteiger partial charge is 0.0493 e. The van der Waals surface area contributed by atoms with Gasteiger partial charge in [0, 0.05) is 25.6 Å². The summed E-state index contributed by atoms with van der Waals surface area (Å²) in [5.41, 5.74) is 1.42. The maximum Gasteiger partial charge on any atom is 0.0493 e. The maximum absolute atomic E-state index is 8.90. The fraction of sp³-hybridized carbons (Fsp3) is 0.778. The van der Waals surface area contributed by atoms with Gasteiger partial charge in [-0.15, -0.1) is 0 Å². The predicted octanol–water partition coefficient (Wildman–Crippen LogP) is 0.877. The number of aliphatic hydroxyl groups is 1. The summed E-state index contributed by atoms with van der Waals surface area (Å²) in [6.07, 6.45) is 3.36. The molecule has 0 aliphatic carbocycles. The zero-order chi connectivity index (χ0) is 8.27. The molecular formula is C9H17NO. The lowest BCUT2D eigenvalue weighted by atomic mass is 9.96. The molecule has 1 N–H and O–H groups in total. The summed E-state index contributed by atoms with van der Waals surface area (Å²) in [6.45, 7) is 4.54. The van der Waals surface area contributed by atoms with Crippen molar-refractivity contribution in [3.8, 4) is 0 Å². The minimum absolute atomic E-state index is 0.287. The number of hydrogen-bond donors (Lipinski definition) is 1. The second-order valence-corrected chi connectivity index (χ2v) is 3.37. The SMILES string of the molecule is CC(CO)C1=CCN(C)CC1. The van der Waals surface area contributed by atoms with Crippen molar-refractivity contribution in [2.75, 3.05) is 26.7 Å². The first-order valence-corrected chi connectivity index (χ1v) is 4.22. The molecule has 1 heterocycles. The topological polar surface area (TPSA) is 23.5 Å². The van der Waals surface area contributed by atoms with Crippen LogP contribution in [0.4, 0.5) is 0 Å². The fourth-order valence-electron chi connectivity index (χ4n) is 1.35. The van der Waals surface area contributed by atoms with Gasteiger partial charge in [0.2, 0.25) is 0 Å². The van der Waals surface area contributed by atoms with Gasteiger partial charge in [-0.25, -0.2) is 0 Å². The second-order valence-electron chi connectivity index (χ2n) is 3.37. The van der Waals surface area contributed by atoms with Gasteiger partial charge in [-0.2, -0.15) is 0 Å². The monoisotopic (exact) mass is 155 g/mol. The standard InChI is InChI=1S/C9H17NO/c1-8(7-11)9-3-5-10(2)6-4-9/h3,8,11H,4-7H2,1-2H3. The van der Waals surface area contributed by atoms with E-state index in [0.29, 0.717) is 5.92 Å². The molecule has 0 fully saturated rings. The van der Waals surface area contributed by atoms with Crippen LogP contribution in [0, 0.1) is 5.92 Å². The molecule has 1 aliphatic heterocycles. The number of rotatable bonds is 2. The molecule has 0 saturated carbocycles.